The monoisotopic (exact) mass is 282 g/mol. The van der Waals surface area contributed by atoms with Crippen molar-refractivity contribution in [2.24, 2.45) is 5.92 Å². The highest BCUT2D eigenvalue weighted by Gasteiger charge is 2.27. The second-order valence-corrected chi connectivity index (χ2v) is 4.97. The van der Waals surface area contributed by atoms with Crippen molar-refractivity contribution >= 4 is 17.3 Å². The number of anilines is 1. The zero-order chi connectivity index (χ0) is 14.7. The summed E-state index contributed by atoms with van der Waals surface area (Å²) in [5.41, 5.74) is -0.133. The Morgan fingerprint density at radius 3 is 2.80 bits per heavy atom. The lowest BCUT2D eigenvalue weighted by Gasteiger charge is -2.28. The van der Waals surface area contributed by atoms with Crippen LogP contribution >= 0.6 is 0 Å². The Morgan fingerprint density at radius 2 is 2.20 bits per heavy atom. The second kappa shape index (κ2) is 5.85. The van der Waals surface area contributed by atoms with Crippen molar-refractivity contribution in [1.82, 2.24) is 0 Å². The Morgan fingerprint density at radius 1 is 1.45 bits per heavy atom. The van der Waals surface area contributed by atoms with E-state index >= 15 is 0 Å². The first-order chi connectivity index (χ1) is 9.47. The lowest BCUT2D eigenvalue weighted by Crippen LogP contribution is -2.30. The van der Waals surface area contributed by atoms with Crippen molar-refractivity contribution in [3.05, 3.63) is 34.1 Å². The van der Waals surface area contributed by atoms with E-state index in [1.165, 1.54) is 6.07 Å². The first-order valence-electron chi connectivity index (χ1n) is 6.40. The third-order valence-corrected chi connectivity index (χ3v) is 3.54. The number of carbonyl (C=O) groups is 1. The van der Waals surface area contributed by atoms with E-state index in [9.17, 15) is 19.3 Å². The van der Waals surface area contributed by atoms with Crippen molar-refractivity contribution in [2.45, 2.75) is 31.7 Å². The van der Waals surface area contributed by atoms with Crippen LogP contribution in [-0.4, -0.2) is 22.0 Å². The number of halogens is 1. The maximum atomic E-state index is 13.5. The molecule has 1 aliphatic rings. The topological polar surface area (TPSA) is 92.5 Å². The van der Waals surface area contributed by atoms with Crippen LogP contribution in [0.4, 0.5) is 15.8 Å². The van der Waals surface area contributed by atoms with Gasteiger partial charge in [0.25, 0.3) is 0 Å². The molecule has 20 heavy (non-hydrogen) atoms. The molecule has 1 aliphatic carbocycles. The summed E-state index contributed by atoms with van der Waals surface area (Å²) in [6, 6.07) is 3.56. The van der Waals surface area contributed by atoms with E-state index in [1.807, 2.05) is 0 Å². The molecule has 1 fully saturated rings. The molecule has 1 saturated carbocycles. The minimum atomic E-state index is -0.898. The molecule has 2 unspecified atom stereocenters. The van der Waals surface area contributed by atoms with Crippen LogP contribution in [-0.2, 0) is 4.79 Å². The fourth-order valence-electron chi connectivity index (χ4n) is 2.53. The van der Waals surface area contributed by atoms with Gasteiger partial charge in [0.15, 0.2) is 0 Å². The fraction of sp³-hybridized carbons (Fsp3) is 0.462. The molecule has 0 spiro atoms. The molecule has 108 valence electrons. The zero-order valence-corrected chi connectivity index (χ0v) is 10.7. The van der Waals surface area contributed by atoms with Gasteiger partial charge in [-0.3, -0.25) is 14.9 Å². The highest BCUT2D eigenvalue weighted by molar-refractivity contribution is 5.70. The van der Waals surface area contributed by atoms with Gasteiger partial charge < -0.3 is 10.4 Å². The molecule has 2 atom stereocenters. The summed E-state index contributed by atoms with van der Waals surface area (Å²) in [6.45, 7) is 0. The summed E-state index contributed by atoms with van der Waals surface area (Å²) in [7, 11) is 0. The van der Waals surface area contributed by atoms with Crippen molar-refractivity contribution < 1.29 is 19.2 Å². The number of nitrogens with zero attached hydrogens (tertiary/aromatic N) is 1. The largest absolute Gasteiger partial charge is 0.481 e. The number of rotatable bonds is 4. The summed E-state index contributed by atoms with van der Waals surface area (Å²) in [5, 5.41) is 22.6. The predicted octanol–water partition coefficient (Wildman–Crippen LogP) is 2.79. The summed E-state index contributed by atoms with van der Waals surface area (Å²) in [6.07, 6.45) is 2.74. The summed E-state index contributed by atoms with van der Waals surface area (Å²) >= 11 is 0. The number of carboxylic acid groups (broad SMARTS) is 1. The normalized spacial score (nSPS) is 22.2. The highest BCUT2D eigenvalue weighted by atomic mass is 19.1. The number of nitro groups is 1. The van der Waals surface area contributed by atoms with Gasteiger partial charge in [0, 0.05) is 23.9 Å². The lowest BCUT2D eigenvalue weighted by molar-refractivity contribution is -0.387. The standard InChI is InChI=1S/C13H15FN2O4/c14-11-7-10(4-5-12(11)16(19)20)15-9-3-1-2-8(6-9)13(17)18/h4-5,7-9,15H,1-3,6H2,(H,17,18). The molecular formula is C13H15FN2O4. The van der Waals surface area contributed by atoms with Gasteiger partial charge in [-0.25, -0.2) is 0 Å². The smallest absolute Gasteiger partial charge is 0.306 e. The first kappa shape index (κ1) is 14.2. The van der Waals surface area contributed by atoms with Crippen LogP contribution in [0.15, 0.2) is 18.2 Å². The van der Waals surface area contributed by atoms with Gasteiger partial charge in [-0.1, -0.05) is 6.42 Å². The number of hydrogen-bond donors (Lipinski definition) is 2. The molecule has 0 amide bonds. The molecular weight excluding hydrogens is 267 g/mol. The van der Waals surface area contributed by atoms with Gasteiger partial charge >= 0.3 is 11.7 Å². The van der Waals surface area contributed by atoms with Gasteiger partial charge in [-0.2, -0.15) is 4.39 Å². The van der Waals surface area contributed by atoms with E-state index in [-0.39, 0.29) is 12.0 Å². The number of nitro benzene ring substituents is 1. The Bertz CT molecular complexity index is 535. The van der Waals surface area contributed by atoms with E-state index in [1.54, 1.807) is 0 Å². The average Bonchev–Trinajstić information content (AvgIpc) is 2.38. The Labute approximate surface area is 114 Å². The molecule has 0 bridgehead atoms. The molecule has 1 aromatic rings. The van der Waals surface area contributed by atoms with Crippen molar-refractivity contribution in [1.29, 1.82) is 0 Å². The molecule has 0 saturated heterocycles. The zero-order valence-electron chi connectivity index (χ0n) is 10.7. The molecule has 0 aromatic heterocycles. The van der Waals surface area contributed by atoms with Crippen LogP contribution in [0.5, 0.6) is 0 Å². The van der Waals surface area contributed by atoms with Crippen LogP contribution in [0, 0.1) is 21.8 Å². The molecule has 0 aliphatic heterocycles. The van der Waals surface area contributed by atoms with E-state index in [0.717, 1.165) is 25.0 Å². The number of benzene rings is 1. The van der Waals surface area contributed by atoms with Crippen LogP contribution in [0.3, 0.4) is 0 Å². The number of hydrogen-bond acceptors (Lipinski definition) is 4. The van der Waals surface area contributed by atoms with Crippen LogP contribution < -0.4 is 5.32 Å². The van der Waals surface area contributed by atoms with Crippen molar-refractivity contribution in [3.8, 4) is 0 Å². The molecule has 6 nitrogen and oxygen atoms in total. The molecule has 2 N–H and O–H groups in total. The maximum absolute atomic E-state index is 13.5. The number of nitrogens with one attached hydrogen (secondary N) is 1. The molecule has 2 rings (SSSR count). The van der Waals surface area contributed by atoms with E-state index in [2.05, 4.69) is 5.32 Å². The summed E-state index contributed by atoms with van der Waals surface area (Å²) < 4.78 is 13.5. The SMILES string of the molecule is O=C(O)C1CCCC(Nc2ccc([N+](=O)[O-])c(F)c2)C1. The third-order valence-electron chi connectivity index (χ3n) is 3.54. The molecule has 0 radical (unpaired) electrons. The van der Waals surface area contributed by atoms with Crippen LogP contribution in [0.2, 0.25) is 0 Å². The van der Waals surface area contributed by atoms with E-state index < -0.39 is 22.4 Å². The van der Waals surface area contributed by atoms with Gasteiger partial charge in [-0.15, -0.1) is 0 Å². The van der Waals surface area contributed by atoms with Gasteiger partial charge in [0.05, 0.1) is 10.8 Å². The molecule has 1 aromatic carbocycles. The Balaban J connectivity index is 2.04. The third kappa shape index (κ3) is 3.23. The van der Waals surface area contributed by atoms with E-state index in [0.29, 0.717) is 18.5 Å². The minimum Gasteiger partial charge on any atom is -0.481 e. The van der Waals surface area contributed by atoms with E-state index in [4.69, 9.17) is 5.11 Å². The maximum Gasteiger partial charge on any atom is 0.306 e. The molecule has 7 heteroatoms. The lowest BCUT2D eigenvalue weighted by atomic mass is 9.85. The number of aliphatic carboxylic acids is 1. The van der Waals surface area contributed by atoms with Crippen LogP contribution in [0.1, 0.15) is 25.7 Å². The van der Waals surface area contributed by atoms with Crippen molar-refractivity contribution in [2.75, 3.05) is 5.32 Å². The average molecular weight is 282 g/mol. The predicted molar refractivity (Wildman–Crippen MR) is 70.1 cm³/mol. The Kier molecular flexibility index (Phi) is 4.16. The van der Waals surface area contributed by atoms with Crippen molar-refractivity contribution in [3.63, 3.8) is 0 Å². The number of carboxylic acids is 1. The highest BCUT2D eigenvalue weighted by Crippen LogP contribution is 2.28. The molecule has 0 heterocycles. The Hall–Kier alpha value is -2.18. The summed E-state index contributed by atoms with van der Waals surface area (Å²) in [5.74, 6) is -2.10. The summed E-state index contributed by atoms with van der Waals surface area (Å²) in [4.78, 5) is 20.7. The fourth-order valence-corrected chi connectivity index (χ4v) is 2.53. The van der Waals surface area contributed by atoms with Gasteiger partial charge in [0.2, 0.25) is 5.82 Å². The first-order valence-corrected chi connectivity index (χ1v) is 6.40. The quantitative estimate of drug-likeness (QED) is 0.654. The van der Waals surface area contributed by atoms with Gasteiger partial charge in [-0.05, 0) is 25.3 Å². The minimum absolute atomic E-state index is 0.0503. The van der Waals surface area contributed by atoms with Gasteiger partial charge in [0.1, 0.15) is 0 Å². The van der Waals surface area contributed by atoms with Crippen LogP contribution in [0.25, 0.3) is 0 Å². The second-order valence-electron chi connectivity index (χ2n) is 4.97.